The monoisotopic (exact) mass is 327 g/mol. The molecule has 0 amide bonds. The van der Waals surface area contributed by atoms with E-state index in [4.69, 9.17) is 21.1 Å². The van der Waals surface area contributed by atoms with E-state index in [1.165, 1.54) is 0 Å². The zero-order valence-corrected chi connectivity index (χ0v) is 13.0. The van der Waals surface area contributed by atoms with Gasteiger partial charge in [-0.3, -0.25) is 4.79 Å². The van der Waals surface area contributed by atoms with Crippen LogP contribution in [0.1, 0.15) is 34.0 Å². The molecule has 1 atom stereocenters. The molecule has 2 aromatic carbocycles. The molecule has 2 heterocycles. The van der Waals surface area contributed by atoms with Crippen molar-refractivity contribution in [3.63, 3.8) is 0 Å². The second-order valence-corrected chi connectivity index (χ2v) is 5.97. The highest BCUT2D eigenvalue weighted by atomic mass is 35.5. The van der Waals surface area contributed by atoms with Gasteiger partial charge in [-0.1, -0.05) is 23.7 Å². The first-order valence-electron chi connectivity index (χ1n) is 7.48. The van der Waals surface area contributed by atoms with Crippen LogP contribution < -0.4 is 4.74 Å². The molecule has 0 saturated heterocycles. The van der Waals surface area contributed by atoms with Gasteiger partial charge in [-0.05, 0) is 35.9 Å². The molecule has 2 aromatic rings. The van der Waals surface area contributed by atoms with Gasteiger partial charge in [-0.2, -0.15) is 0 Å². The SMILES string of the molecule is O=C1CC(c2ccc(C3=NCCO3)cc2)Oc2ccc(Cl)cc21. The molecule has 23 heavy (non-hydrogen) atoms. The summed E-state index contributed by atoms with van der Waals surface area (Å²) < 4.78 is 11.4. The first-order valence-corrected chi connectivity index (χ1v) is 7.85. The van der Waals surface area contributed by atoms with Gasteiger partial charge in [0.15, 0.2) is 5.78 Å². The molecule has 5 heteroatoms. The topological polar surface area (TPSA) is 47.9 Å². The highest BCUT2D eigenvalue weighted by molar-refractivity contribution is 6.31. The average molecular weight is 328 g/mol. The molecule has 0 spiro atoms. The molecule has 0 bridgehead atoms. The van der Waals surface area contributed by atoms with Crippen molar-refractivity contribution in [2.75, 3.05) is 13.2 Å². The summed E-state index contributed by atoms with van der Waals surface area (Å²) in [5, 5.41) is 0.542. The molecular formula is C18H14ClNO3. The van der Waals surface area contributed by atoms with E-state index in [0.717, 1.165) is 11.1 Å². The van der Waals surface area contributed by atoms with Crippen LogP contribution in [0.3, 0.4) is 0 Å². The molecule has 116 valence electrons. The fourth-order valence-corrected chi connectivity index (χ4v) is 3.00. The van der Waals surface area contributed by atoms with Crippen molar-refractivity contribution in [3.8, 4) is 5.75 Å². The van der Waals surface area contributed by atoms with Crippen LogP contribution in [0, 0.1) is 0 Å². The fourth-order valence-electron chi connectivity index (χ4n) is 2.83. The lowest BCUT2D eigenvalue weighted by molar-refractivity contribution is 0.0850. The maximum absolute atomic E-state index is 12.3. The number of rotatable bonds is 2. The van der Waals surface area contributed by atoms with E-state index in [0.29, 0.717) is 41.8 Å². The van der Waals surface area contributed by atoms with Crippen molar-refractivity contribution in [1.29, 1.82) is 0 Å². The summed E-state index contributed by atoms with van der Waals surface area (Å²) in [5.41, 5.74) is 2.46. The Bertz CT molecular complexity index is 798. The lowest BCUT2D eigenvalue weighted by Gasteiger charge is -2.25. The molecule has 2 aliphatic heterocycles. The van der Waals surface area contributed by atoms with Crippen LogP contribution in [0.15, 0.2) is 47.5 Å². The van der Waals surface area contributed by atoms with Crippen LogP contribution in [-0.4, -0.2) is 24.8 Å². The van der Waals surface area contributed by atoms with E-state index in [1.54, 1.807) is 18.2 Å². The molecule has 0 radical (unpaired) electrons. The third-order valence-electron chi connectivity index (χ3n) is 4.00. The summed E-state index contributed by atoms with van der Waals surface area (Å²) in [7, 11) is 0. The third-order valence-corrected chi connectivity index (χ3v) is 4.23. The smallest absolute Gasteiger partial charge is 0.216 e. The van der Waals surface area contributed by atoms with E-state index in [1.807, 2.05) is 24.3 Å². The Morgan fingerprint density at radius 1 is 1.13 bits per heavy atom. The predicted molar refractivity (Wildman–Crippen MR) is 87.6 cm³/mol. The molecule has 4 rings (SSSR count). The lowest BCUT2D eigenvalue weighted by atomic mass is 9.96. The van der Waals surface area contributed by atoms with Crippen LogP contribution in [-0.2, 0) is 4.74 Å². The molecule has 0 N–H and O–H groups in total. The number of hydrogen-bond acceptors (Lipinski definition) is 4. The number of carbonyl (C=O) groups excluding carboxylic acids is 1. The molecule has 2 aliphatic rings. The number of fused-ring (bicyclic) bond motifs is 1. The molecule has 0 saturated carbocycles. The van der Waals surface area contributed by atoms with Crippen molar-refractivity contribution in [1.82, 2.24) is 0 Å². The number of hydrogen-bond donors (Lipinski definition) is 0. The van der Waals surface area contributed by atoms with Gasteiger partial charge in [0.2, 0.25) is 5.90 Å². The highest BCUT2D eigenvalue weighted by Gasteiger charge is 2.28. The average Bonchev–Trinajstić information content (AvgIpc) is 3.10. The molecular weight excluding hydrogens is 314 g/mol. The van der Waals surface area contributed by atoms with Gasteiger partial charge in [0.25, 0.3) is 0 Å². The van der Waals surface area contributed by atoms with E-state index in [9.17, 15) is 4.79 Å². The molecule has 1 unspecified atom stereocenters. The van der Waals surface area contributed by atoms with Crippen LogP contribution in [0.25, 0.3) is 0 Å². The molecule has 0 fully saturated rings. The summed E-state index contributed by atoms with van der Waals surface area (Å²) in [5.74, 6) is 1.31. The standard InChI is InChI=1S/C18H14ClNO3/c19-13-5-6-16-14(9-13)15(21)10-17(23-16)11-1-3-12(4-2-11)18-20-7-8-22-18/h1-6,9,17H,7-8,10H2. The van der Waals surface area contributed by atoms with Gasteiger partial charge in [0.1, 0.15) is 18.5 Å². The maximum atomic E-state index is 12.3. The number of carbonyl (C=O) groups is 1. The van der Waals surface area contributed by atoms with Gasteiger partial charge >= 0.3 is 0 Å². The Morgan fingerprint density at radius 2 is 1.96 bits per heavy atom. The third kappa shape index (κ3) is 2.70. The van der Waals surface area contributed by atoms with Gasteiger partial charge < -0.3 is 9.47 Å². The maximum Gasteiger partial charge on any atom is 0.216 e. The Kier molecular flexibility index (Phi) is 3.54. The van der Waals surface area contributed by atoms with Gasteiger partial charge in [-0.15, -0.1) is 0 Å². The first-order chi connectivity index (χ1) is 11.2. The number of halogens is 1. The zero-order valence-electron chi connectivity index (χ0n) is 12.3. The largest absolute Gasteiger partial charge is 0.484 e. The summed E-state index contributed by atoms with van der Waals surface area (Å²) in [4.78, 5) is 16.6. The number of Topliss-reactive ketones (excluding diaryl/α,β-unsaturated/α-hetero) is 1. The molecule has 0 aliphatic carbocycles. The Hall–Kier alpha value is -2.33. The van der Waals surface area contributed by atoms with Crippen LogP contribution in [0.5, 0.6) is 5.75 Å². The van der Waals surface area contributed by atoms with Gasteiger partial charge in [0, 0.05) is 10.6 Å². The minimum absolute atomic E-state index is 0.0475. The number of ether oxygens (including phenoxy) is 2. The summed E-state index contributed by atoms with van der Waals surface area (Å²) in [6, 6.07) is 13.0. The second kappa shape index (κ2) is 5.70. The van der Waals surface area contributed by atoms with Gasteiger partial charge in [-0.25, -0.2) is 4.99 Å². The highest BCUT2D eigenvalue weighted by Crippen LogP contribution is 2.36. The van der Waals surface area contributed by atoms with E-state index >= 15 is 0 Å². The van der Waals surface area contributed by atoms with Crippen molar-refractivity contribution in [2.24, 2.45) is 4.99 Å². The Labute approximate surface area is 138 Å². The second-order valence-electron chi connectivity index (χ2n) is 5.53. The van der Waals surface area contributed by atoms with Crippen LogP contribution in [0.4, 0.5) is 0 Å². The molecule has 0 aromatic heterocycles. The first kappa shape index (κ1) is 14.3. The number of benzene rings is 2. The zero-order chi connectivity index (χ0) is 15.8. The van der Waals surface area contributed by atoms with Crippen molar-refractivity contribution in [3.05, 3.63) is 64.2 Å². The Morgan fingerprint density at radius 3 is 2.70 bits per heavy atom. The minimum Gasteiger partial charge on any atom is -0.484 e. The normalized spacial score (nSPS) is 19.6. The predicted octanol–water partition coefficient (Wildman–Crippen LogP) is 3.82. The van der Waals surface area contributed by atoms with Crippen molar-refractivity contribution >= 4 is 23.3 Å². The Balaban J connectivity index is 1.59. The van der Waals surface area contributed by atoms with Crippen molar-refractivity contribution in [2.45, 2.75) is 12.5 Å². The summed E-state index contributed by atoms with van der Waals surface area (Å²) in [6.45, 7) is 1.34. The number of aliphatic imine (C=N–C) groups is 1. The van der Waals surface area contributed by atoms with Crippen molar-refractivity contribution < 1.29 is 14.3 Å². The lowest BCUT2D eigenvalue weighted by Crippen LogP contribution is -2.20. The number of nitrogens with zero attached hydrogens (tertiary/aromatic N) is 1. The van der Waals surface area contributed by atoms with E-state index < -0.39 is 0 Å². The van der Waals surface area contributed by atoms with Gasteiger partial charge in [0.05, 0.1) is 18.5 Å². The molecule has 4 nitrogen and oxygen atoms in total. The summed E-state index contributed by atoms with van der Waals surface area (Å²) >= 11 is 5.94. The minimum atomic E-state index is -0.281. The quantitative estimate of drug-likeness (QED) is 0.842. The van der Waals surface area contributed by atoms with E-state index in [2.05, 4.69) is 4.99 Å². The van der Waals surface area contributed by atoms with Crippen LogP contribution in [0.2, 0.25) is 5.02 Å². The fraction of sp³-hybridized carbons (Fsp3) is 0.222. The summed E-state index contributed by atoms with van der Waals surface area (Å²) in [6.07, 6.45) is 0.0288. The van der Waals surface area contributed by atoms with E-state index in [-0.39, 0.29) is 11.9 Å². The number of ketones is 1. The van der Waals surface area contributed by atoms with Crippen LogP contribution >= 0.6 is 11.6 Å².